The first-order chi connectivity index (χ1) is 14.7. The number of nitrogens with one attached hydrogen (secondary N) is 1. The Morgan fingerprint density at radius 1 is 1.10 bits per heavy atom. The van der Waals surface area contributed by atoms with Crippen LogP contribution in [0.2, 0.25) is 0 Å². The number of methoxy groups -OCH3 is 1. The molecule has 0 radical (unpaired) electrons. The molecule has 1 aromatic heterocycles. The van der Waals surface area contributed by atoms with E-state index in [1.807, 2.05) is 0 Å². The summed E-state index contributed by atoms with van der Waals surface area (Å²) in [6.45, 7) is 3.19. The summed E-state index contributed by atoms with van der Waals surface area (Å²) < 4.78 is 43.3. The van der Waals surface area contributed by atoms with Gasteiger partial charge in [-0.2, -0.15) is 4.72 Å². The van der Waals surface area contributed by atoms with E-state index in [0.29, 0.717) is 22.3 Å². The Hall–Kier alpha value is -3.17. The van der Waals surface area contributed by atoms with E-state index >= 15 is 0 Å². The van der Waals surface area contributed by atoms with Gasteiger partial charge in [0.25, 0.3) is 0 Å². The molecule has 0 aliphatic carbocycles. The molecule has 2 aromatic carbocycles. The van der Waals surface area contributed by atoms with Gasteiger partial charge in [-0.25, -0.2) is 13.2 Å². The van der Waals surface area contributed by atoms with Gasteiger partial charge >= 0.3 is 11.6 Å². The van der Waals surface area contributed by atoms with Crippen LogP contribution in [-0.2, 0) is 26.2 Å². The SMILES string of the molecule is COc1ccc2c(COC(=O)C(NS(=O)(=O)c3ccccc3)C(C)C)cc(=O)oc2c1. The summed E-state index contributed by atoms with van der Waals surface area (Å²) in [5, 5.41) is 0.583. The summed E-state index contributed by atoms with van der Waals surface area (Å²) >= 11 is 0. The third kappa shape index (κ3) is 5.31. The Kier molecular flexibility index (Phi) is 6.77. The molecule has 0 bridgehead atoms. The average Bonchev–Trinajstić information content (AvgIpc) is 2.75. The van der Waals surface area contributed by atoms with E-state index in [-0.39, 0.29) is 17.4 Å². The molecular weight excluding hydrogens is 422 g/mol. The van der Waals surface area contributed by atoms with Gasteiger partial charge in [0.05, 0.1) is 12.0 Å². The Labute approximate surface area is 179 Å². The van der Waals surface area contributed by atoms with Gasteiger partial charge in [-0.15, -0.1) is 0 Å². The number of carbonyl (C=O) groups excluding carboxylic acids is 1. The van der Waals surface area contributed by atoms with Crippen molar-refractivity contribution in [2.75, 3.05) is 7.11 Å². The van der Waals surface area contributed by atoms with Gasteiger partial charge in [-0.05, 0) is 30.2 Å². The van der Waals surface area contributed by atoms with Gasteiger partial charge in [0, 0.05) is 23.1 Å². The zero-order chi connectivity index (χ0) is 22.6. The highest BCUT2D eigenvalue weighted by Crippen LogP contribution is 2.23. The second-order valence-corrected chi connectivity index (χ2v) is 8.93. The number of rotatable bonds is 8. The summed E-state index contributed by atoms with van der Waals surface area (Å²) in [7, 11) is -2.42. The number of hydrogen-bond donors (Lipinski definition) is 1. The second kappa shape index (κ2) is 9.32. The fraction of sp³-hybridized carbons (Fsp3) is 0.273. The predicted molar refractivity (Wildman–Crippen MR) is 114 cm³/mol. The molecule has 8 nitrogen and oxygen atoms in total. The van der Waals surface area contributed by atoms with Gasteiger partial charge in [0.1, 0.15) is 24.0 Å². The highest BCUT2D eigenvalue weighted by Gasteiger charge is 2.29. The van der Waals surface area contributed by atoms with Crippen LogP contribution < -0.4 is 15.1 Å². The zero-order valence-corrected chi connectivity index (χ0v) is 18.1. The molecular formula is C22H23NO7S. The molecule has 3 rings (SSSR count). The van der Waals surface area contributed by atoms with Crippen molar-refractivity contribution in [1.29, 1.82) is 0 Å². The van der Waals surface area contributed by atoms with Gasteiger partial charge < -0.3 is 13.9 Å². The maximum Gasteiger partial charge on any atom is 0.336 e. The van der Waals surface area contributed by atoms with E-state index in [1.54, 1.807) is 50.2 Å². The monoisotopic (exact) mass is 445 g/mol. The number of fused-ring (bicyclic) bond motifs is 1. The lowest BCUT2D eigenvalue weighted by atomic mass is 10.1. The van der Waals surface area contributed by atoms with Crippen LogP contribution in [0.25, 0.3) is 11.0 Å². The lowest BCUT2D eigenvalue weighted by Gasteiger charge is -2.21. The average molecular weight is 445 g/mol. The van der Waals surface area contributed by atoms with E-state index in [2.05, 4.69) is 4.72 Å². The number of ether oxygens (including phenoxy) is 2. The molecule has 31 heavy (non-hydrogen) atoms. The minimum Gasteiger partial charge on any atom is -0.497 e. The molecule has 3 aromatic rings. The molecule has 0 spiro atoms. The van der Waals surface area contributed by atoms with Crippen LogP contribution in [0.5, 0.6) is 5.75 Å². The maximum absolute atomic E-state index is 12.7. The fourth-order valence-corrected chi connectivity index (χ4v) is 4.34. The largest absolute Gasteiger partial charge is 0.497 e. The second-order valence-electron chi connectivity index (χ2n) is 7.22. The molecule has 0 saturated heterocycles. The van der Waals surface area contributed by atoms with Crippen molar-refractivity contribution < 1.29 is 27.1 Å². The number of sulfonamides is 1. The molecule has 0 saturated carbocycles. The molecule has 164 valence electrons. The van der Waals surface area contributed by atoms with Crippen molar-refractivity contribution in [3.05, 3.63) is 70.6 Å². The molecule has 1 N–H and O–H groups in total. The van der Waals surface area contributed by atoms with Crippen molar-refractivity contribution in [3.63, 3.8) is 0 Å². The summed E-state index contributed by atoms with van der Waals surface area (Å²) in [5.74, 6) is -0.600. The summed E-state index contributed by atoms with van der Waals surface area (Å²) in [4.78, 5) is 24.7. The van der Waals surface area contributed by atoms with Gasteiger partial charge in [-0.1, -0.05) is 32.0 Å². The molecule has 0 fully saturated rings. The van der Waals surface area contributed by atoms with E-state index < -0.39 is 27.7 Å². The molecule has 0 aliphatic heterocycles. The predicted octanol–water partition coefficient (Wildman–Crippen LogP) is 2.85. The maximum atomic E-state index is 12.7. The van der Waals surface area contributed by atoms with E-state index in [4.69, 9.17) is 13.9 Å². The van der Waals surface area contributed by atoms with Gasteiger partial charge in [0.15, 0.2) is 0 Å². The lowest BCUT2D eigenvalue weighted by molar-refractivity contribution is -0.148. The van der Waals surface area contributed by atoms with Crippen LogP contribution in [-0.4, -0.2) is 27.5 Å². The van der Waals surface area contributed by atoms with Gasteiger partial charge in [0.2, 0.25) is 10.0 Å². The van der Waals surface area contributed by atoms with E-state index in [9.17, 15) is 18.0 Å². The molecule has 1 unspecified atom stereocenters. The zero-order valence-electron chi connectivity index (χ0n) is 17.3. The Morgan fingerprint density at radius 2 is 1.81 bits per heavy atom. The van der Waals surface area contributed by atoms with Crippen molar-refractivity contribution >= 4 is 27.0 Å². The first-order valence-electron chi connectivity index (χ1n) is 9.56. The van der Waals surface area contributed by atoms with Gasteiger partial charge in [-0.3, -0.25) is 4.79 Å². The quantitative estimate of drug-likeness (QED) is 0.419. The van der Waals surface area contributed by atoms with E-state index in [0.717, 1.165) is 0 Å². The van der Waals surface area contributed by atoms with Crippen LogP contribution in [0, 0.1) is 5.92 Å². The van der Waals surface area contributed by atoms with Crippen LogP contribution in [0.4, 0.5) is 0 Å². The number of benzene rings is 2. The summed E-state index contributed by atoms with van der Waals surface area (Å²) in [6, 6.07) is 12.9. The highest BCUT2D eigenvalue weighted by molar-refractivity contribution is 7.89. The van der Waals surface area contributed by atoms with E-state index in [1.165, 1.54) is 25.3 Å². The first-order valence-corrected chi connectivity index (χ1v) is 11.0. The first kappa shape index (κ1) is 22.5. The van der Waals surface area contributed by atoms with Crippen molar-refractivity contribution in [1.82, 2.24) is 4.72 Å². The molecule has 1 heterocycles. The van der Waals surface area contributed by atoms with Crippen LogP contribution in [0.3, 0.4) is 0 Å². The number of hydrogen-bond acceptors (Lipinski definition) is 7. The summed E-state index contributed by atoms with van der Waals surface area (Å²) in [6.07, 6.45) is 0. The Morgan fingerprint density at radius 3 is 2.45 bits per heavy atom. The lowest BCUT2D eigenvalue weighted by Crippen LogP contribution is -2.45. The third-order valence-corrected chi connectivity index (χ3v) is 6.12. The van der Waals surface area contributed by atoms with Crippen LogP contribution >= 0.6 is 0 Å². The minimum absolute atomic E-state index is 0.0501. The molecule has 0 amide bonds. The molecule has 1 atom stereocenters. The van der Waals surface area contributed by atoms with Crippen LogP contribution in [0.1, 0.15) is 19.4 Å². The molecule has 9 heteroatoms. The molecule has 0 aliphatic rings. The number of esters is 1. The summed E-state index contributed by atoms with van der Waals surface area (Å²) in [5.41, 5.74) is 0.135. The smallest absolute Gasteiger partial charge is 0.336 e. The third-order valence-electron chi connectivity index (χ3n) is 4.66. The topological polar surface area (TPSA) is 112 Å². The normalized spacial score (nSPS) is 12.6. The van der Waals surface area contributed by atoms with Crippen molar-refractivity contribution in [2.24, 2.45) is 5.92 Å². The number of carbonyl (C=O) groups is 1. The Balaban J connectivity index is 1.80. The highest BCUT2D eigenvalue weighted by atomic mass is 32.2. The van der Waals surface area contributed by atoms with Crippen molar-refractivity contribution in [2.45, 2.75) is 31.4 Å². The minimum atomic E-state index is -3.91. The standard InChI is InChI=1S/C22H23NO7S/c1-14(2)21(23-31(26,27)17-7-5-4-6-8-17)22(25)29-13-15-11-20(24)30-19-12-16(28-3)9-10-18(15)19/h4-12,14,21,23H,13H2,1-3H3. The Bertz CT molecular complexity index is 1230. The van der Waals surface area contributed by atoms with Crippen LogP contribution in [0.15, 0.2) is 68.7 Å². The fourth-order valence-electron chi connectivity index (χ4n) is 2.99. The van der Waals surface area contributed by atoms with Crippen molar-refractivity contribution in [3.8, 4) is 5.75 Å².